The Morgan fingerprint density at radius 3 is 2.40 bits per heavy atom. The van der Waals surface area contributed by atoms with Gasteiger partial charge in [0.2, 0.25) is 0 Å². The third-order valence-electron chi connectivity index (χ3n) is 6.68. The molecule has 0 unspecified atom stereocenters. The van der Waals surface area contributed by atoms with Crippen LogP contribution in [0.1, 0.15) is 72.2 Å². The van der Waals surface area contributed by atoms with Crippen LogP contribution in [0.25, 0.3) is 11.1 Å². The second-order valence-corrected chi connectivity index (χ2v) is 13.0. The van der Waals surface area contributed by atoms with E-state index >= 15 is 0 Å². The molecule has 1 atom stereocenters. The normalized spacial score (nSPS) is 15.4. The number of nitrogens with zero attached hydrogens (tertiary/aromatic N) is 3. The molecule has 12 heteroatoms. The molecule has 3 rings (SSSR count). The first-order valence-electron chi connectivity index (χ1n) is 15.1. The Balaban J connectivity index is 0.000000329. The molecule has 1 aromatic heterocycles. The zero-order valence-corrected chi connectivity index (χ0v) is 26.9. The summed E-state index contributed by atoms with van der Waals surface area (Å²) >= 11 is 0. The summed E-state index contributed by atoms with van der Waals surface area (Å²) in [5.74, 6) is 0.813. The van der Waals surface area contributed by atoms with E-state index in [4.69, 9.17) is 17.2 Å². The molecule has 43 heavy (non-hydrogen) atoms. The average Bonchev–Trinajstić information content (AvgIpc) is 3.35. The molecular formula is C31H54N10O2. The number of benzene rings is 1. The van der Waals surface area contributed by atoms with Crippen LogP contribution < -0.4 is 38.7 Å². The minimum Gasteiger partial charge on any atom is -0.370 e. The summed E-state index contributed by atoms with van der Waals surface area (Å²) in [5, 5.41) is 9.27. The minimum atomic E-state index is -0.186. The molecule has 1 aliphatic heterocycles. The summed E-state index contributed by atoms with van der Waals surface area (Å²) in [5.41, 5.74) is 18.1. The first kappa shape index (κ1) is 35.7. The molecule has 0 aliphatic carbocycles. The van der Waals surface area contributed by atoms with Gasteiger partial charge in [-0.1, -0.05) is 45.0 Å². The number of carbonyl (C=O) groups excluding carboxylic acids is 1. The quantitative estimate of drug-likeness (QED) is 0.116. The van der Waals surface area contributed by atoms with E-state index in [1.807, 2.05) is 65.8 Å². The Morgan fingerprint density at radius 1 is 1.12 bits per heavy atom. The summed E-state index contributed by atoms with van der Waals surface area (Å²) < 4.78 is 0. The molecule has 0 bridgehead atoms. The van der Waals surface area contributed by atoms with Gasteiger partial charge in [0.05, 0.1) is 5.56 Å². The molecule has 0 saturated carbocycles. The lowest BCUT2D eigenvalue weighted by molar-refractivity contribution is 0.227. The number of aromatic nitrogens is 2. The molecule has 0 spiro atoms. The number of aromatic amines is 1. The highest BCUT2D eigenvalue weighted by Gasteiger charge is 2.24. The smallest absolute Gasteiger partial charge is 0.315 e. The predicted molar refractivity (Wildman–Crippen MR) is 176 cm³/mol. The van der Waals surface area contributed by atoms with Crippen molar-refractivity contribution in [1.29, 1.82) is 0 Å². The summed E-state index contributed by atoms with van der Waals surface area (Å²) in [6.45, 7) is 18.0. The Kier molecular flexibility index (Phi) is 14.1. The first-order chi connectivity index (χ1) is 20.2. The maximum Gasteiger partial charge on any atom is 0.315 e. The second-order valence-electron chi connectivity index (χ2n) is 13.0. The maximum atomic E-state index is 12.4. The number of carbonyl (C=O) groups is 1. The average molecular weight is 599 g/mol. The van der Waals surface area contributed by atoms with E-state index in [9.17, 15) is 9.59 Å². The van der Waals surface area contributed by atoms with Crippen molar-refractivity contribution in [3.05, 3.63) is 52.2 Å². The van der Waals surface area contributed by atoms with Crippen LogP contribution >= 0.6 is 0 Å². The second kappa shape index (κ2) is 17.0. The van der Waals surface area contributed by atoms with Gasteiger partial charge in [0.25, 0.3) is 5.56 Å². The Labute approximate surface area is 256 Å². The van der Waals surface area contributed by atoms with Crippen LogP contribution in [-0.4, -0.2) is 77.7 Å². The number of amides is 2. The minimum absolute atomic E-state index is 0.0665. The Hall–Kier alpha value is -3.48. The van der Waals surface area contributed by atoms with Crippen molar-refractivity contribution < 1.29 is 4.79 Å². The van der Waals surface area contributed by atoms with E-state index in [2.05, 4.69) is 35.8 Å². The fourth-order valence-corrected chi connectivity index (χ4v) is 4.46. The molecule has 1 saturated heterocycles. The highest BCUT2D eigenvalue weighted by molar-refractivity contribution is 5.75. The Morgan fingerprint density at radius 2 is 1.81 bits per heavy atom. The number of hydrogen-bond acceptors (Lipinski definition) is 7. The van der Waals surface area contributed by atoms with Gasteiger partial charge in [-0.15, -0.1) is 0 Å². The van der Waals surface area contributed by atoms with Crippen LogP contribution in [0.15, 0.2) is 40.2 Å². The SMILES string of the molecule is CC(C)(C)NC(=O)N[C@H]1CCN(CCCN)C1.CC(C)(C)c1ncc(-c2ccc(CNCCCN=C(N)N)cc2)c(=O)[nH]1. The van der Waals surface area contributed by atoms with E-state index in [0.717, 1.165) is 69.7 Å². The molecule has 2 amide bonds. The van der Waals surface area contributed by atoms with Crippen molar-refractivity contribution in [1.82, 2.24) is 30.8 Å². The van der Waals surface area contributed by atoms with E-state index < -0.39 is 0 Å². The molecule has 2 heterocycles. The first-order valence-corrected chi connectivity index (χ1v) is 15.1. The molecule has 1 aliphatic rings. The zero-order chi connectivity index (χ0) is 32.0. The standard InChI is InChI=1S/C19H28N6O.C12H26N4O/c1-19(2,3)17-24-12-15(16(26)25-17)14-7-5-13(6-8-14)11-22-9-4-10-23-18(20)21;1-12(2,3)15-11(17)14-10-5-8-16(9-10)7-4-6-13/h5-8,12,22H,4,9-11H2,1-3H3,(H4,20,21,23)(H,24,25,26);10H,4-9,13H2,1-3H3,(H2,14,15,17)/t;10-/m.0/s1. The maximum absolute atomic E-state index is 12.4. The number of H-pyrrole nitrogens is 1. The molecule has 1 aromatic carbocycles. The van der Waals surface area contributed by atoms with Crippen molar-refractivity contribution in [3.63, 3.8) is 0 Å². The molecule has 240 valence electrons. The molecule has 12 nitrogen and oxygen atoms in total. The van der Waals surface area contributed by atoms with E-state index in [-0.39, 0.29) is 34.5 Å². The van der Waals surface area contributed by atoms with Crippen LogP contribution in [0, 0.1) is 0 Å². The van der Waals surface area contributed by atoms with Crippen LogP contribution in [0.2, 0.25) is 0 Å². The van der Waals surface area contributed by atoms with Crippen molar-refractivity contribution in [2.24, 2.45) is 22.2 Å². The fourth-order valence-electron chi connectivity index (χ4n) is 4.46. The molecule has 10 N–H and O–H groups in total. The third kappa shape index (κ3) is 14.0. The van der Waals surface area contributed by atoms with Gasteiger partial charge in [-0.25, -0.2) is 9.78 Å². The zero-order valence-electron chi connectivity index (χ0n) is 26.9. The van der Waals surface area contributed by atoms with Crippen LogP contribution in [0.3, 0.4) is 0 Å². The van der Waals surface area contributed by atoms with Crippen molar-refractivity contribution in [2.45, 2.75) is 84.3 Å². The summed E-state index contributed by atoms with van der Waals surface area (Å²) in [4.78, 5) is 37.6. The summed E-state index contributed by atoms with van der Waals surface area (Å²) in [7, 11) is 0. The molecular weight excluding hydrogens is 544 g/mol. The van der Waals surface area contributed by atoms with Gasteiger partial charge in [0.1, 0.15) is 5.82 Å². The highest BCUT2D eigenvalue weighted by atomic mass is 16.2. The van der Waals surface area contributed by atoms with Gasteiger partial charge in [-0.05, 0) is 70.8 Å². The van der Waals surface area contributed by atoms with Crippen LogP contribution in [0.5, 0.6) is 0 Å². The number of guanidine groups is 1. The van der Waals surface area contributed by atoms with Gasteiger partial charge in [0.15, 0.2) is 5.96 Å². The molecule has 0 radical (unpaired) electrons. The summed E-state index contributed by atoms with van der Waals surface area (Å²) in [6.07, 6.45) is 4.58. The number of nitrogens with one attached hydrogen (secondary N) is 4. The van der Waals surface area contributed by atoms with Gasteiger partial charge in [-0.2, -0.15) is 0 Å². The number of likely N-dealkylation sites (tertiary alicyclic amines) is 1. The largest absolute Gasteiger partial charge is 0.370 e. The monoisotopic (exact) mass is 598 g/mol. The van der Waals surface area contributed by atoms with Crippen LogP contribution in [0.4, 0.5) is 4.79 Å². The van der Waals surface area contributed by atoms with Gasteiger partial charge in [-0.3, -0.25) is 9.79 Å². The van der Waals surface area contributed by atoms with E-state index in [1.165, 1.54) is 0 Å². The van der Waals surface area contributed by atoms with Crippen molar-refractivity contribution >= 4 is 12.0 Å². The lowest BCUT2D eigenvalue weighted by Gasteiger charge is -2.23. The van der Waals surface area contributed by atoms with E-state index in [1.54, 1.807) is 6.20 Å². The topological polar surface area (TPSA) is 193 Å². The Bertz CT molecular complexity index is 1210. The lowest BCUT2D eigenvalue weighted by atomic mass is 9.95. The van der Waals surface area contributed by atoms with Gasteiger partial charge in [0, 0.05) is 49.4 Å². The van der Waals surface area contributed by atoms with Crippen LogP contribution in [-0.2, 0) is 12.0 Å². The third-order valence-corrected chi connectivity index (χ3v) is 6.68. The number of hydrogen-bond donors (Lipinski definition) is 7. The fraction of sp³-hybridized carbons (Fsp3) is 0.613. The number of aliphatic imine (C=N–C) groups is 1. The molecule has 1 fully saturated rings. The number of rotatable bonds is 11. The van der Waals surface area contributed by atoms with Gasteiger partial charge >= 0.3 is 6.03 Å². The number of urea groups is 1. The predicted octanol–water partition coefficient (Wildman–Crippen LogP) is 1.99. The molecule has 2 aromatic rings. The number of nitrogens with two attached hydrogens (primary N) is 3. The lowest BCUT2D eigenvalue weighted by Crippen LogP contribution is -2.50. The highest BCUT2D eigenvalue weighted by Crippen LogP contribution is 2.19. The van der Waals surface area contributed by atoms with Crippen molar-refractivity contribution in [3.8, 4) is 11.1 Å². The van der Waals surface area contributed by atoms with E-state index in [0.29, 0.717) is 17.9 Å². The summed E-state index contributed by atoms with van der Waals surface area (Å²) in [6, 6.07) is 8.11. The van der Waals surface area contributed by atoms with Gasteiger partial charge < -0.3 is 43.0 Å². The van der Waals surface area contributed by atoms with Crippen molar-refractivity contribution in [2.75, 3.05) is 39.3 Å².